The third-order valence-electron chi connectivity index (χ3n) is 2.45. The van der Waals surface area contributed by atoms with E-state index in [0.717, 1.165) is 0 Å². The molecular weight excluding hydrogens is 206 g/mol. The van der Waals surface area contributed by atoms with Gasteiger partial charge < -0.3 is 10.2 Å². The fourth-order valence-corrected chi connectivity index (χ4v) is 1.63. The van der Waals surface area contributed by atoms with Gasteiger partial charge >= 0.3 is 5.97 Å². The van der Waals surface area contributed by atoms with E-state index in [2.05, 4.69) is 4.98 Å². The smallest absolute Gasteiger partial charge is 0.315 e. The standard InChI is InChI=1S/C9H8ClNO3/c10-5-3-6(12)7(11-4-5)9(1-2-9)8(13)14/h3-4,12H,1-2H2,(H,13,14). The monoisotopic (exact) mass is 213 g/mol. The topological polar surface area (TPSA) is 70.4 Å². The van der Waals surface area contributed by atoms with Crippen molar-refractivity contribution in [3.05, 3.63) is 23.0 Å². The zero-order chi connectivity index (χ0) is 10.3. The zero-order valence-electron chi connectivity index (χ0n) is 7.20. The number of aromatic nitrogens is 1. The summed E-state index contributed by atoms with van der Waals surface area (Å²) in [6.07, 6.45) is 2.38. The summed E-state index contributed by atoms with van der Waals surface area (Å²) in [6.45, 7) is 0. The predicted molar refractivity (Wildman–Crippen MR) is 49.5 cm³/mol. The lowest BCUT2D eigenvalue weighted by Gasteiger charge is -2.10. The molecule has 1 aromatic heterocycles. The van der Waals surface area contributed by atoms with E-state index in [0.29, 0.717) is 17.9 Å². The van der Waals surface area contributed by atoms with Crippen LogP contribution < -0.4 is 0 Å². The van der Waals surface area contributed by atoms with Gasteiger partial charge in [-0.15, -0.1) is 0 Å². The predicted octanol–water partition coefficient (Wildman–Crippen LogP) is 1.56. The number of carboxylic acid groups (broad SMARTS) is 1. The maximum atomic E-state index is 10.9. The molecule has 0 bridgehead atoms. The first-order valence-electron chi connectivity index (χ1n) is 4.15. The van der Waals surface area contributed by atoms with Crippen LogP contribution >= 0.6 is 11.6 Å². The molecule has 4 nitrogen and oxygen atoms in total. The molecule has 1 fully saturated rings. The molecule has 0 spiro atoms. The van der Waals surface area contributed by atoms with Crippen LogP contribution in [0.1, 0.15) is 18.5 Å². The van der Waals surface area contributed by atoms with Crippen molar-refractivity contribution in [2.24, 2.45) is 0 Å². The largest absolute Gasteiger partial charge is 0.506 e. The molecule has 2 N–H and O–H groups in total. The Morgan fingerprint density at radius 2 is 2.21 bits per heavy atom. The second kappa shape index (κ2) is 2.85. The number of halogens is 1. The molecule has 0 atom stereocenters. The highest BCUT2D eigenvalue weighted by atomic mass is 35.5. The van der Waals surface area contributed by atoms with Gasteiger partial charge in [0.05, 0.1) is 10.7 Å². The van der Waals surface area contributed by atoms with Crippen LogP contribution in [0.3, 0.4) is 0 Å². The Labute approximate surface area is 85.2 Å². The van der Waals surface area contributed by atoms with Gasteiger partial charge in [-0.2, -0.15) is 0 Å². The molecular formula is C9H8ClNO3. The molecule has 0 aliphatic heterocycles. The minimum Gasteiger partial charge on any atom is -0.506 e. The number of carbonyl (C=O) groups is 1. The number of nitrogens with zero attached hydrogens (tertiary/aromatic N) is 1. The number of pyridine rings is 1. The van der Waals surface area contributed by atoms with Crippen molar-refractivity contribution in [1.29, 1.82) is 0 Å². The number of aromatic hydroxyl groups is 1. The van der Waals surface area contributed by atoms with Gasteiger partial charge in [0.1, 0.15) is 11.2 Å². The Bertz CT molecular complexity index is 401. The summed E-state index contributed by atoms with van der Waals surface area (Å²) in [5.41, 5.74) is -0.760. The van der Waals surface area contributed by atoms with Gasteiger partial charge in [0.25, 0.3) is 0 Å². The van der Waals surface area contributed by atoms with Crippen molar-refractivity contribution in [3.8, 4) is 5.75 Å². The number of hydrogen-bond acceptors (Lipinski definition) is 3. The quantitative estimate of drug-likeness (QED) is 0.782. The number of aliphatic carboxylic acids is 1. The number of carboxylic acids is 1. The van der Waals surface area contributed by atoms with Crippen LogP contribution in [0.15, 0.2) is 12.3 Å². The number of hydrogen-bond donors (Lipinski definition) is 2. The molecule has 1 aromatic rings. The van der Waals surface area contributed by atoms with Crippen LogP contribution in [0, 0.1) is 0 Å². The third-order valence-corrected chi connectivity index (χ3v) is 2.65. The summed E-state index contributed by atoms with van der Waals surface area (Å²) in [5.74, 6) is -1.08. The minimum absolute atomic E-state index is 0.141. The summed E-state index contributed by atoms with van der Waals surface area (Å²) in [7, 11) is 0. The molecule has 14 heavy (non-hydrogen) atoms. The minimum atomic E-state index is -0.978. The molecule has 0 radical (unpaired) electrons. The van der Waals surface area contributed by atoms with Gasteiger partial charge in [0.15, 0.2) is 0 Å². The summed E-state index contributed by atoms with van der Waals surface area (Å²) >= 11 is 5.60. The lowest BCUT2D eigenvalue weighted by Crippen LogP contribution is -2.20. The van der Waals surface area contributed by atoms with E-state index in [-0.39, 0.29) is 11.4 Å². The van der Waals surface area contributed by atoms with E-state index in [9.17, 15) is 9.90 Å². The van der Waals surface area contributed by atoms with Gasteiger partial charge in [0.2, 0.25) is 0 Å². The zero-order valence-corrected chi connectivity index (χ0v) is 7.95. The van der Waals surface area contributed by atoms with Crippen LogP contribution in [0.2, 0.25) is 5.02 Å². The summed E-state index contributed by atoms with van der Waals surface area (Å²) in [6, 6.07) is 1.31. The average Bonchev–Trinajstić information content (AvgIpc) is 2.84. The van der Waals surface area contributed by atoms with Crippen molar-refractivity contribution in [3.63, 3.8) is 0 Å². The second-order valence-electron chi connectivity index (χ2n) is 3.41. The summed E-state index contributed by atoms with van der Waals surface area (Å²) in [4.78, 5) is 14.8. The molecule has 0 amide bonds. The fraction of sp³-hybridized carbons (Fsp3) is 0.333. The lowest BCUT2D eigenvalue weighted by atomic mass is 10.0. The SMILES string of the molecule is O=C(O)C1(c2ncc(Cl)cc2O)CC1. The van der Waals surface area contributed by atoms with Crippen LogP contribution in [0.4, 0.5) is 0 Å². The van der Waals surface area contributed by atoms with Gasteiger partial charge in [0, 0.05) is 12.3 Å². The Morgan fingerprint density at radius 1 is 1.57 bits per heavy atom. The highest BCUT2D eigenvalue weighted by Gasteiger charge is 2.54. The van der Waals surface area contributed by atoms with E-state index in [1.54, 1.807) is 0 Å². The van der Waals surface area contributed by atoms with E-state index in [1.165, 1.54) is 12.3 Å². The Hall–Kier alpha value is -1.29. The first kappa shape index (κ1) is 9.27. The van der Waals surface area contributed by atoms with Crippen molar-refractivity contribution >= 4 is 17.6 Å². The first-order chi connectivity index (χ1) is 6.56. The molecule has 1 aliphatic carbocycles. The van der Waals surface area contributed by atoms with Crippen molar-refractivity contribution in [1.82, 2.24) is 4.98 Å². The molecule has 0 unspecified atom stereocenters. The Balaban J connectivity index is 2.47. The van der Waals surface area contributed by atoms with E-state index < -0.39 is 11.4 Å². The number of rotatable bonds is 2. The maximum Gasteiger partial charge on any atom is 0.315 e. The first-order valence-corrected chi connectivity index (χ1v) is 4.52. The molecule has 74 valence electrons. The maximum absolute atomic E-state index is 10.9. The second-order valence-corrected chi connectivity index (χ2v) is 3.84. The normalized spacial score (nSPS) is 17.8. The van der Waals surface area contributed by atoms with E-state index >= 15 is 0 Å². The highest BCUT2D eigenvalue weighted by Crippen LogP contribution is 2.50. The van der Waals surface area contributed by atoms with Crippen LogP contribution in [-0.4, -0.2) is 21.2 Å². The van der Waals surface area contributed by atoms with Crippen molar-refractivity contribution < 1.29 is 15.0 Å². The molecule has 1 heterocycles. The van der Waals surface area contributed by atoms with E-state index in [1.807, 2.05) is 0 Å². The van der Waals surface area contributed by atoms with Gasteiger partial charge in [-0.25, -0.2) is 0 Å². The fourth-order valence-electron chi connectivity index (χ4n) is 1.47. The Morgan fingerprint density at radius 3 is 2.64 bits per heavy atom. The highest BCUT2D eigenvalue weighted by molar-refractivity contribution is 6.30. The Kier molecular flexibility index (Phi) is 1.89. The molecule has 0 aromatic carbocycles. The van der Waals surface area contributed by atoms with Crippen LogP contribution in [0.5, 0.6) is 5.75 Å². The molecule has 0 saturated heterocycles. The van der Waals surface area contributed by atoms with Gasteiger partial charge in [-0.05, 0) is 12.8 Å². The molecule has 5 heteroatoms. The summed E-state index contributed by atoms with van der Waals surface area (Å²) in [5, 5.41) is 18.8. The van der Waals surface area contributed by atoms with E-state index in [4.69, 9.17) is 16.7 Å². The molecule has 1 saturated carbocycles. The average molecular weight is 214 g/mol. The van der Waals surface area contributed by atoms with Crippen LogP contribution in [0.25, 0.3) is 0 Å². The van der Waals surface area contributed by atoms with Crippen LogP contribution in [-0.2, 0) is 10.2 Å². The van der Waals surface area contributed by atoms with Gasteiger partial charge in [-0.1, -0.05) is 11.6 Å². The molecule has 2 rings (SSSR count). The summed E-state index contributed by atoms with van der Waals surface area (Å²) < 4.78 is 0. The lowest BCUT2D eigenvalue weighted by molar-refractivity contribution is -0.140. The van der Waals surface area contributed by atoms with Crippen molar-refractivity contribution in [2.75, 3.05) is 0 Å². The third kappa shape index (κ3) is 1.23. The van der Waals surface area contributed by atoms with Crippen molar-refractivity contribution in [2.45, 2.75) is 18.3 Å². The molecule has 1 aliphatic rings. The van der Waals surface area contributed by atoms with Gasteiger partial charge in [-0.3, -0.25) is 9.78 Å².